The Morgan fingerprint density at radius 2 is 0.825 bits per heavy atom. The molecule has 8 aromatic carbocycles. The van der Waals surface area contributed by atoms with Gasteiger partial charge in [0.25, 0.3) is 0 Å². The van der Waals surface area contributed by atoms with E-state index >= 15 is 0 Å². The Balaban J connectivity index is 1.51. The fraction of sp³-hybridized carbons (Fsp3) is 0.0385. The summed E-state index contributed by atoms with van der Waals surface area (Å²) < 4.78 is 6.88. The normalized spacial score (nSPS) is 11.6. The van der Waals surface area contributed by atoms with Crippen LogP contribution >= 0.6 is 0 Å². The molecule has 0 saturated carbocycles. The minimum absolute atomic E-state index is 0.415. The highest BCUT2D eigenvalue weighted by Crippen LogP contribution is 2.51. The van der Waals surface area contributed by atoms with Crippen LogP contribution < -0.4 is 0 Å². The average Bonchev–Trinajstić information content (AvgIpc) is 3.88. The summed E-state index contributed by atoms with van der Waals surface area (Å²) in [4.78, 5) is 4.49. The summed E-state index contributed by atoms with van der Waals surface area (Å²) in [6.45, 7) is 13.4. The summed E-state index contributed by atoms with van der Waals surface area (Å²) in [5.74, 6) is 0. The Hall–Kier alpha value is -7.86. The lowest BCUT2D eigenvalue weighted by Gasteiger charge is -2.27. The smallest absolute Gasteiger partial charge is 0.221 e. The highest BCUT2D eigenvalue weighted by molar-refractivity contribution is 6.16. The van der Waals surface area contributed by atoms with Crippen LogP contribution in [0.3, 0.4) is 0 Å². The highest BCUT2D eigenvalue weighted by atomic mass is 15.1. The van der Waals surface area contributed by atoms with E-state index in [1.807, 2.05) is 30.3 Å². The highest BCUT2D eigenvalue weighted by Gasteiger charge is 2.33. The molecule has 0 radical (unpaired) electrons. The zero-order valence-electron chi connectivity index (χ0n) is 31.3. The predicted molar refractivity (Wildman–Crippen MR) is 235 cm³/mol. The second kappa shape index (κ2) is 12.3. The molecule has 266 valence electrons. The Kier molecular flexibility index (Phi) is 7.04. The van der Waals surface area contributed by atoms with Crippen molar-refractivity contribution < 1.29 is 0 Å². The molecule has 0 aliphatic carbocycles. The van der Waals surface area contributed by atoms with Crippen molar-refractivity contribution in [3.63, 3.8) is 0 Å². The van der Waals surface area contributed by atoms with Gasteiger partial charge >= 0.3 is 0 Å². The van der Waals surface area contributed by atoms with Gasteiger partial charge in [0.2, 0.25) is 5.69 Å². The van der Waals surface area contributed by atoms with Crippen molar-refractivity contribution >= 4 is 71.1 Å². The standard InChI is InChI=1S/C52H33N5/c1-32-25-27-46-39(29-32)40-30-33(2)26-28-47(40)57(46)52-50(55-42-21-11-7-17-35(42)36-18-8-12-22-43(36)55)41(31-53)48(34-15-5-4-6-16-34)49(54-3)51(52)56-44-23-13-9-19-37(44)38-20-10-14-24-45(38)56/h4-30H,1-2H3. The van der Waals surface area contributed by atoms with Gasteiger partial charge in [-0.3, -0.25) is 0 Å². The van der Waals surface area contributed by atoms with Crippen LogP contribution in [0.5, 0.6) is 0 Å². The molecule has 0 unspecified atom stereocenters. The van der Waals surface area contributed by atoms with Crippen molar-refractivity contribution in [3.8, 4) is 34.3 Å². The van der Waals surface area contributed by atoms with Gasteiger partial charge in [0.1, 0.15) is 6.07 Å². The van der Waals surface area contributed by atoms with E-state index in [4.69, 9.17) is 6.57 Å². The van der Waals surface area contributed by atoms with Gasteiger partial charge in [-0.25, -0.2) is 4.85 Å². The molecule has 0 N–H and O–H groups in total. The minimum Gasteiger partial charge on any atom is -0.317 e. The van der Waals surface area contributed by atoms with Crippen LogP contribution in [0.25, 0.3) is 98.5 Å². The van der Waals surface area contributed by atoms with Crippen molar-refractivity contribution in [2.75, 3.05) is 0 Å². The van der Waals surface area contributed by atoms with Crippen LogP contribution in [-0.2, 0) is 0 Å². The number of rotatable bonds is 4. The van der Waals surface area contributed by atoms with Gasteiger partial charge in [-0.1, -0.05) is 126 Å². The van der Waals surface area contributed by atoms with Gasteiger partial charge in [-0.2, -0.15) is 5.26 Å². The third-order valence-corrected chi connectivity index (χ3v) is 11.6. The van der Waals surface area contributed by atoms with E-state index < -0.39 is 0 Å². The molecule has 57 heavy (non-hydrogen) atoms. The van der Waals surface area contributed by atoms with E-state index in [1.54, 1.807) is 0 Å². The van der Waals surface area contributed by atoms with Gasteiger partial charge in [-0.15, -0.1) is 0 Å². The summed E-state index contributed by atoms with van der Waals surface area (Å²) >= 11 is 0. The molecule has 0 amide bonds. The van der Waals surface area contributed by atoms with Gasteiger partial charge in [0.05, 0.1) is 62.3 Å². The van der Waals surface area contributed by atoms with Crippen LogP contribution in [0.1, 0.15) is 16.7 Å². The van der Waals surface area contributed by atoms with Crippen molar-refractivity contribution in [1.82, 2.24) is 13.7 Å². The number of fused-ring (bicyclic) bond motifs is 9. The first-order chi connectivity index (χ1) is 28.1. The predicted octanol–water partition coefficient (Wildman–Crippen LogP) is 13.7. The van der Waals surface area contributed by atoms with Crippen LogP contribution in [-0.4, -0.2) is 13.7 Å². The number of nitriles is 1. The Morgan fingerprint density at radius 3 is 1.26 bits per heavy atom. The molecule has 3 heterocycles. The maximum atomic E-state index is 11.7. The first-order valence-corrected chi connectivity index (χ1v) is 19.1. The topological polar surface area (TPSA) is 42.9 Å². The van der Waals surface area contributed by atoms with Crippen molar-refractivity contribution in [2.24, 2.45) is 0 Å². The molecular formula is C52H33N5. The van der Waals surface area contributed by atoms with Gasteiger partial charge in [-0.05, 0) is 67.9 Å². The van der Waals surface area contributed by atoms with Crippen LogP contribution in [0.15, 0.2) is 164 Å². The van der Waals surface area contributed by atoms with E-state index in [1.165, 1.54) is 0 Å². The number of benzene rings is 8. The van der Waals surface area contributed by atoms with E-state index in [2.05, 4.69) is 172 Å². The van der Waals surface area contributed by atoms with E-state index in [0.29, 0.717) is 16.8 Å². The summed E-state index contributed by atoms with van der Waals surface area (Å²) in [6, 6.07) is 59.7. The summed E-state index contributed by atoms with van der Waals surface area (Å²) in [6.07, 6.45) is 0. The van der Waals surface area contributed by atoms with Gasteiger partial charge in [0, 0.05) is 37.9 Å². The third-order valence-electron chi connectivity index (χ3n) is 11.6. The number of nitrogens with zero attached hydrogens (tertiary/aromatic N) is 5. The molecule has 11 rings (SSSR count). The van der Waals surface area contributed by atoms with Crippen molar-refractivity contribution in [2.45, 2.75) is 13.8 Å². The lowest BCUT2D eigenvalue weighted by molar-refractivity contribution is 1.05. The first-order valence-electron chi connectivity index (χ1n) is 19.1. The third kappa shape index (κ3) is 4.55. The molecule has 5 heteroatoms. The molecule has 0 spiro atoms. The number of para-hydroxylation sites is 4. The number of hydrogen-bond donors (Lipinski definition) is 0. The van der Waals surface area contributed by atoms with Crippen molar-refractivity contribution in [3.05, 3.63) is 192 Å². The molecule has 3 aromatic heterocycles. The van der Waals surface area contributed by atoms with Crippen LogP contribution in [0, 0.1) is 31.8 Å². The van der Waals surface area contributed by atoms with E-state index in [-0.39, 0.29) is 0 Å². The zero-order chi connectivity index (χ0) is 38.4. The maximum absolute atomic E-state index is 11.7. The fourth-order valence-corrected chi connectivity index (χ4v) is 9.26. The lowest BCUT2D eigenvalue weighted by Crippen LogP contribution is -2.13. The van der Waals surface area contributed by atoms with Crippen LogP contribution in [0.2, 0.25) is 0 Å². The maximum Gasteiger partial charge on any atom is 0.221 e. The summed E-state index contributed by atoms with van der Waals surface area (Å²) in [7, 11) is 0. The quantitative estimate of drug-likeness (QED) is 0.166. The zero-order valence-corrected chi connectivity index (χ0v) is 31.3. The summed E-state index contributed by atoms with van der Waals surface area (Å²) in [5.41, 5.74) is 12.7. The van der Waals surface area contributed by atoms with Crippen LogP contribution in [0.4, 0.5) is 5.69 Å². The Bertz CT molecular complexity index is 3240. The molecule has 0 fully saturated rings. The Labute approximate surface area is 328 Å². The molecular weight excluding hydrogens is 695 g/mol. The number of aromatic nitrogens is 3. The van der Waals surface area contributed by atoms with Gasteiger partial charge < -0.3 is 13.7 Å². The number of aryl methyl sites for hydroxylation is 2. The van der Waals surface area contributed by atoms with Crippen molar-refractivity contribution in [1.29, 1.82) is 5.26 Å². The molecule has 0 bridgehead atoms. The molecule has 0 aliphatic heterocycles. The van der Waals surface area contributed by atoms with E-state index in [0.717, 1.165) is 99.2 Å². The second-order valence-electron chi connectivity index (χ2n) is 14.9. The molecule has 5 nitrogen and oxygen atoms in total. The van der Waals surface area contributed by atoms with E-state index in [9.17, 15) is 5.26 Å². The second-order valence-corrected chi connectivity index (χ2v) is 14.9. The number of hydrogen-bond acceptors (Lipinski definition) is 1. The molecule has 0 saturated heterocycles. The fourth-order valence-electron chi connectivity index (χ4n) is 9.26. The average molecular weight is 728 g/mol. The SMILES string of the molecule is [C-]#[N+]c1c(-c2ccccc2)c(C#N)c(-n2c3ccccc3c3ccccc32)c(-n2c3ccc(C)cc3c3cc(C)ccc32)c1-n1c2ccccc2c2ccccc21. The molecule has 11 aromatic rings. The first kappa shape index (κ1) is 32.6. The molecule has 0 aliphatic rings. The minimum atomic E-state index is 0.415. The molecule has 0 atom stereocenters. The summed E-state index contributed by atoms with van der Waals surface area (Å²) in [5, 5.41) is 18.3. The Morgan fingerprint density at radius 1 is 0.439 bits per heavy atom. The lowest BCUT2D eigenvalue weighted by atomic mass is 9.93. The van der Waals surface area contributed by atoms with Gasteiger partial charge in [0.15, 0.2) is 0 Å². The largest absolute Gasteiger partial charge is 0.317 e. The monoisotopic (exact) mass is 727 g/mol.